The molecule has 0 amide bonds. The number of Topliss-reactive ketones (excluding diaryl/α,β-unsaturated/α-hetero) is 1. The summed E-state index contributed by atoms with van der Waals surface area (Å²) in [5, 5.41) is 0. The lowest BCUT2D eigenvalue weighted by Crippen LogP contribution is -2.05. The van der Waals surface area contributed by atoms with E-state index in [1.807, 2.05) is 60.7 Å². The molecule has 3 nitrogen and oxygen atoms in total. The van der Waals surface area contributed by atoms with E-state index in [1.165, 1.54) is 6.92 Å². The lowest BCUT2D eigenvalue weighted by Gasteiger charge is -2.16. The van der Waals surface area contributed by atoms with Gasteiger partial charge in [0.05, 0.1) is 11.4 Å². The summed E-state index contributed by atoms with van der Waals surface area (Å²) in [5.41, 5.74) is 3.36. The van der Waals surface area contributed by atoms with E-state index < -0.39 is 0 Å². The highest BCUT2D eigenvalue weighted by atomic mass is 35.5. The Morgan fingerprint density at radius 1 is 0.815 bits per heavy atom. The van der Waals surface area contributed by atoms with Crippen molar-refractivity contribution in [1.82, 2.24) is 0 Å². The predicted octanol–water partition coefficient (Wildman–Crippen LogP) is 5.79. The zero-order chi connectivity index (χ0) is 19.1. The summed E-state index contributed by atoms with van der Waals surface area (Å²) in [4.78, 5) is 12.1. The van der Waals surface area contributed by atoms with Crippen molar-refractivity contribution in [1.29, 1.82) is 0 Å². The molecular formula is C23H21ClO3. The molecule has 0 aliphatic carbocycles. The molecule has 4 heteroatoms. The Bertz CT molecular complexity index is 892. The highest BCUT2D eigenvalue weighted by molar-refractivity contribution is 6.17. The third-order valence-corrected chi connectivity index (χ3v) is 4.45. The Labute approximate surface area is 164 Å². The van der Waals surface area contributed by atoms with Gasteiger partial charge in [0.2, 0.25) is 0 Å². The first-order chi connectivity index (χ1) is 13.2. The van der Waals surface area contributed by atoms with Crippen LogP contribution in [0.5, 0.6) is 11.5 Å². The molecular weight excluding hydrogens is 360 g/mol. The molecule has 0 heterocycles. The molecule has 0 aromatic heterocycles. The molecule has 27 heavy (non-hydrogen) atoms. The van der Waals surface area contributed by atoms with E-state index in [-0.39, 0.29) is 11.7 Å². The van der Waals surface area contributed by atoms with Crippen LogP contribution < -0.4 is 9.47 Å². The largest absolute Gasteiger partial charge is 0.489 e. The van der Waals surface area contributed by atoms with Crippen LogP contribution in [0.4, 0.5) is 0 Å². The van der Waals surface area contributed by atoms with E-state index in [0.717, 1.165) is 16.7 Å². The second kappa shape index (κ2) is 9.24. The molecule has 0 radical (unpaired) electrons. The van der Waals surface area contributed by atoms with E-state index in [2.05, 4.69) is 0 Å². The highest BCUT2D eigenvalue weighted by Crippen LogP contribution is 2.32. The Morgan fingerprint density at radius 3 is 1.81 bits per heavy atom. The molecule has 0 spiro atoms. The first-order valence-electron chi connectivity index (χ1n) is 8.74. The summed E-state index contributed by atoms with van der Waals surface area (Å²) in [6.45, 7) is 2.31. The number of ether oxygens (including phenoxy) is 2. The Kier molecular flexibility index (Phi) is 6.50. The van der Waals surface area contributed by atoms with Crippen LogP contribution in [0.25, 0.3) is 0 Å². The number of hydrogen-bond donors (Lipinski definition) is 0. The van der Waals surface area contributed by atoms with Crippen LogP contribution in [0, 0.1) is 0 Å². The van der Waals surface area contributed by atoms with E-state index >= 15 is 0 Å². The zero-order valence-corrected chi connectivity index (χ0v) is 15.9. The van der Waals surface area contributed by atoms with Gasteiger partial charge in [0.15, 0.2) is 5.78 Å². The van der Waals surface area contributed by atoms with Crippen LogP contribution in [0.2, 0.25) is 0 Å². The minimum Gasteiger partial charge on any atom is -0.489 e. The van der Waals surface area contributed by atoms with Crippen molar-refractivity contribution in [2.75, 3.05) is 0 Å². The monoisotopic (exact) mass is 380 g/mol. The average Bonchev–Trinajstić information content (AvgIpc) is 2.72. The van der Waals surface area contributed by atoms with Crippen LogP contribution in [0.15, 0.2) is 72.8 Å². The molecule has 3 rings (SSSR count). The van der Waals surface area contributed by atoms with Gasteiger partial charge in [0.25, 0.3) is 0 Å². The Balaban J connectivity index is 1.82. The molecule has 0 N–H and O–H groups in total. The molecule has 0 aliphatic heterocycles. The lowest BCUT2D eigenvalue weighted by molar-refractivity contribution is 0.101. The Hall–Kier alpha value is -2.78. The molecule has 138 valence electrons. The van der Waals surface area contributed by atoms with Crippen molar-refractivity contribution >= 4 is 17.4 Å². The maximum absolute atomic E-state index is 12.1. The summed E-state index contributed by atoms with van der Waals surface area (Å²) in [5.74, 6) is 1.31. The normalized spacial score (nSPS) is 10.4. The Morgan fingerprint density at radius 2 is 1.33 bits per heavy atom. The first kappa shape index (κ1) is 19.0. The topological polar surface area (TPSA) is 35.5 Å². The van der Waals surface area contributed by atoms with Gasteiger partial charge in [-0.2, -0.15) is 0 Å². The minimum absolute atomic E-state index is 0.0799. The third-order valence-electron chi connectivity index (χ3n) is 4.16. The fourth-order valence-corrected chi connectivity index (χ4v) is 2.91. The number of carbonyl (C=O) groups excluding carboxylic acids is 1. The second-order valence-corrected chi connectivity index (χ2v) is 6.46. The van der Waals surface area contributed by atoms with Crippen LogP contribution in [-0.2, 0) is 19.1 Å². The molecule has 0 aliphatic rings. The minimum atomic E-state index is -0.0799. The van der Waals surface area contributed by atoms with Gasteiger partial charge in [-0.25, -0.2) is 0 Å². The zero-order valence-electron chi connectivity index (χ0n) is 15.2. The van der Waals surface area contributed by atoms with Crippen LogP contribution in [-0.4, -0.2) is 5.78 Å². The van der Waals surface area contributed by atoms with Gasteiger partial charge < -0.3 is 9.47 Å². The van der Waals surface area contributed by atoms with E-state index in [9.17, 15) is 4.79 Å². The molecule has 0 atom stereocenters. The summed E-state index contributed by atoms with van der Waals surface area (Å²) < 4.78 is 11.8. The summed E-state index contributed by atoms with van der Waals surface area (Å²) in [7, 11) is 0. The van der Waals surface area contributed by atoms with Crippen molar-refractivity contribution in [3.63, 3.8) is 0 Å². The highest BCUT2D eigenvalue weighted by Gasteiger charge is 2.15. The maximum atomic E-state index is 12.1. The molecule has 3 aromatic rings. The molecule has 3 aromatic carbocycles. The fourth-order valence-electron chi connectivity index (χ4n) is 2.71. The van der Waals surface area contributed by atoms with Crippen molar-refractivity contribution < 1.29 is 14.3 Å². The van der Waals surface area contributed by atoms with Crippen LogP contribution in [0.1, 0.15) is 34.0 Å². The lowest BCUT2D eigenvalue weighted by atomic mass is 10.1. The van der Waals surface area contributed by atoms with Crippen LogP contribution >= 0.6 is 11.6 Å². The second-order valence-electron chi connectivity index (χ2n) is 6.19. The van der Waals surface area contributed by atoms with Crippen LogP contribution in [0.3, 0.4) is 0 Å². The molecule has 0 bridgehead atoms. The smallest absolute Gasteiger partial charge is 0.163 e. The predicted molar refractivity (Wildman–Crippen MR) is 108 cm³/mol. The molecule has 0 saturated carbocycles. The molecule has 0 fully saturated rings. The van der Waals surface area contributed by atoms with Gasteiger partial charge in [0, 0.05) is 5.56 Å². The molecule has 0 saturated heterocycles. The van der Waals surface area contributed by atoms with E-state index in [1.54, 1.807) is 12.1 Å². The number of ketones is 1. The number of carbonyl (C=O) groups is 1. The van der Waals surface area contributed by atoms with Gasteiger partial charge in [0.1, 0.15) is 24.7 Å². The fraction of sp³-hybridized carbons (Fsp3) is 0.174. The van der Waals surface area contributed by atoms with E-state index in [4.69, 9.17) is 21.1 Å². The van der Waals surface area contributed by atoms with Gasteiger partial charge in [-0.15, -0.1) is 11.6 Å². The van der Waals surface area contributed by atoms with Gasteiger partial charge >= 0.3 is 0 Å². The standard InChI is InChI=1S/C23H21ClO3/c1-17(25)21-13-22(26-15-18-8-4-2-5-9-18)20(14-24)12-23(21)27-16-19-10-6-3-7-11-19/h2-13H,14-16H2,1H3. The number of halogens is 1. The quantitative estimate of drug-likeness (QED) is 0.366. The van der Waals surface area contributed by atoms with Crippen molar-refractivity contribution in [2.24, 2.45) is 0 Å². The SMILES string of the molecule is CC(=O)c1cc(OCc2ccccc2)c(CCl)cc1OCc1ccccc1. The van der Waals surface area contributed by atoms with Gasteiger partial charge in [-0.3, -0.25) is 4.79 Å². The van der Waals surface area contributed by atoms with Crippen molar-refractivity contribution in [3.8, 4) is 11.5 Å². The van der Waals surface area contributed by atoms with E-state index in [0.29, 0.717) is 30.3 Å². The number of alkyl halides is 1. The molecule has 0 unspecified atom stereocenters. The van der Waals surface area contributed by atoms with Gasteiger partial charge in [-0.05, 0) is 30.2 Å². The third kappa shape index (κ3) is 5.11. The van der Waals surface area contributed by atoms with Gasteiger partial charge in [-0.1, -0.05) is 60.7 Å². The average molecular weight is 381 g/mol. The first-order valence-corrected chi connectivity index (χ1v) is 9.28. The van der Waals surface area contributed by atoms with Crippen molar-refractivity contribution in [3.05, 3.63) is 95.1 Å². The number of rotatable bonds is 8. The summed E-state index contributed by atoms with van der Waals surface area (Å²) in [6, 6.07) is 23.2. The maximum Gasteiger partial charge on any atom is 0.163 e. The number of benzene rings is 3. The number of hydrogen-bond acceptors (Lipinski definition) is 3. The summed E-state index contributed by atoms with van der Waals surface area (Å²) in [6.07, 6.45) is 0. The van der Waals surface area contributed by atoms with Crippen molar-refractivity contribution in [2.45, 2.75) is 26.0 Å². The summed E-state index contributed by atoms with van der Waals surface area (Å²) >= 11 is 6.11.